The highest BCUT2D eigenvalue weighted by atomic mass is 16.3. The Balaban J connectivity index is -0.0000000646. The normalized spacial score (nSPS) is 6.00. The summed E-state index contributed by atoms with van der Waals surface area (Å²) in [5.74, 6) is 0. The summed E-state index contributed by atoms with van der Waals surface area (Å²) in [6.45, 7) is 3.12. The lowest BCUT2D eigenvalue weighted by Gasteiger charge is -1.71. The van der Waals surface area contributed by atoms with E-state index in [9.17, 15) is 0 Å². The van der Waals surface area contributed by atoms with Crippen LogP contribution in [0.5, 0.6) is 0 Å². The lowest BCUT2D eigenvalue weighted by Crippen LogP contribution is -2.02. The molecular weight excluding hydrogens is 118 g/mol. The molecule has 0 aliphatic carbocycles. The molecule has 0 spiro atoms. The SMILES string of the molecule is CCN.CN.NCCO. The van der Waals surface area contributed by atoms with Gasteiger partial charge in [0.1, 0.15) is 0 Å². The summed E-state index contributed by atoms with van der Waals surface area (Å²) in [7, 11) is 1.50. The molecular formula is C5H19N3O. The summed E-state index contributed by atoms with van der Waals surface area (Å²) in [5.41, 5.74) is 14.1. The fourth-order valence-electron chi connectivity index (χ4n) is 0. The van der Waals surface area contributed by atoms with Crippen LogP contribution in [0.25, 0.3) is 0 Å². The Bertz CT molecular complexity index is 19.7. The van der Waals surface area contributed by atoms with Gasteiger partial charge in [0.05, 0.1) is 6.61 Å². The van der Waals surface area contributed by atoms with E-state index in [0.717, 1.165) is 6.54 Å². The molecule has 0 heterocycles. The summed E-state index contributed by atoms with van der Waals surface area (Å²) in [6, 6.07) is 0. The quantitative estimate of drug-likeness (QED) is 0.352. The molecule has 7 N–H and O–H groups in total. The molecule has 0 atom stereocenters. The van der Waals surface area contributed by atoms with Gasteiger partial charge in [0, 0.05) is 6.54 Å². The number of aliphatic hydroxyl groups excluding tert-OH is 1. The first-order valence-corrected chi connectivity index (χ1v) is 2.92. The predicted octanol–water partition coefficient (Wildman–Crippen LogP) is -1.52. The van der Waals surface area contributed by atoms with E-state index in [2.05, 4.69) is 5.73 Å². The molecule has 0 aromatic heterocycles. The molecule has 0 saturated heterocycles. The van der Waals surface area contributed by atoms with Crippen molar-refractivity contribution in [1.82, 2.24) is 0 Å². The number of hydrogen-bond acceptors (Lipinski definition) is 4. The third kappa shape index (κ3) is 379. The topological polar surface area (TPSA) is 98.3 Å². The van der Waals surface area contributed by atoms with Crippen molar-refractivity contribution >= 4 is 0 Å². The zero-order valence-corrected chi connectivity index (χ0v) is 6.30. The maximum absolute atomic E-state index is 7.75. The second kappa shape index (κ2) is 45.5. The average Bonchev–Trinajstić information content (AvgIpc) is 1.94. The van der Waals surface area contributed by atoms with Crippen LogP contribution in [0.1, 0.15) is 6.92 Å². The van der Waals surface area contributed by atoms with Crippen molar-refractivity contribution in [2.24, 2.45) is 17.2 Å². The smallest absolute Gasteiger partial charge is 0.0553 e. The Labute approximate surface area is 57.0 Å². The zero-order valence-electron chi connectivity index (χ0n) is 6.30. The molecule has 0 bridgehead atoms. The van der Waals surface area contributed by atoms with Crippen LogP contribution >= 0.6 is 0 Å². The van der Waals surface area contributed by atoms with Gasteiger partial charge in [-0.2, -0.15) is 0 Å². The van der Waals surface area contributed by atoms with Gasteiger partial charge in [0.25, 0.3) is 0 Å². The highest BCUT2D eigenvalue weighted by Crippen LogP contribution is 1.33. The first-order chi connectivity index (χ1) is 4.33. The van der Waals surface area contributed by atoms with Crippen LogP contribution in [0.4, 0.5) is 0 Å². The van der Waals surface area contributed by atoms with Crippen LogP contribution in [0, 0.1) is 0 Å². The van der Waals surface area contributed by atoms with E-state index in [1.54, 1.807) is 0 Å². The first-order valence-electron chi connectivity index (χ1n) is 2.92. The number of hydrogen-bond donors (Lipinski definition) is 4. The monoisotopic (exact) mass is 137 g/mol. The minimum atomic E-state index is 0.0972. The minimum absolute atomic E-state index is 0.0972. The molecule has 0 radical (unpaired) electrons. The molecule has 0 aromatic rings. The van der Waals surface area contributed by atoms with Crippen molar-refractivity contribution in [3.63, 3.8) is 0 Å². The van der Waals surface area contributed by atoms with Crippen molar-refractivity contribution in [1.29, 1.82) is 0 Å². The van der Waals surface area contributed by atoms with E-state index < -0.39 is 0 Å². The van der Waals surface area contributed by atoms with Crippen LogP contribution in [0.3, 0.4) is 0 Å². The molecule has 0 aliphatic heterocycles. The van der Waals surface area contributed by atoms with E-state index in [4.69, 9.17) is 16.6 Å². The lowest BCUT2D eigenvalue weighted by molar-refractivity contribution is 0.306. The number of aliphatic hydroxyl groups is 1. The van der Waals surface area contributed by atoms with Crippen molar-refractivity contribution in [2.75, 3.05) is 26.7 Å². The largest absolute Gasteiger partial charge is 0.395 e. The molecule has 0 fully saturated rings. The van der Waals surface area contributed by atoms with Gasteiger partial charge in [-0.25, -0.2) is 0 Å². The molecule has 0 unspecified atom stereocenters. The van der Waals surface area contributed by atoms with Gasteiger partial charge in [-0.15, -0.1) is 0 Å². The Morgan fingerprint density at radius 2 is 1.33 bits per heavy atom. The van der Waals surface area contributed by atoms with Crippen LogP contribution in [-0.4, -0.2) is 31.9 Å². The van der Waals surface area contributed by atoms with Crippen molar-refractivity contribution in [2.45, 2.75) is 6.92 Å². The second-order valence-electron chi connectivity index (χ2n) is 0.921. The summed E-state index contributed by atoms with van der Waals surface area (Å²) in [6.07, 6.45) is 0. The summed E-state index contributed by atoms with van der Waals surface area (Å²) in [4.78, 5) is 0. The lowest BCUT2D eigenvalue weighted by atomic mass is 10.8. The molecule has 0 aromatic carbocycles. The van der Waals surface area contributed by atoms with E-state index >= 15 is 0 Å². The molecule has 9 heavy (non-hydrogen) atoms. The Morgan fingerprint density at radius 3 is 1.33 bits per heavy atom. The van der Waals surface area contributed by atoms with Crippen molar-refractivity contribution in [3.8, 4) is 0 Å². The van der Waals surface area contributed by atoms with Gasteiger partial charge in [-0.3, -0.25) is 0 Å². The van der Waals surface area contributed by atoms with Crippen LogP contribution in [-0.2, 0) is 0 Å². The van der Waals surface area contributed by atoms with E-state index in [0.29, 0.717) is 6.54 Å². The van der Waals surface area contributed by atoms with Crippen molar-refractivity contribution in [3.05, 3.63) is 0 Å². The number of rotatable bonds is 1. The molecule has 4 nitrogen and oxygen atoms in total. The fourth-order valence-corrected chi connectivity index (χ4v) is 0. The molecule has 4 heteroatoms. The zero-order chi connectivity index (χ0) is 8.12. The van der Waals surface area contributed by atoms with Gasteiger partial charge in [-0.05, 0) is 13.6 Å². The van der Waals surface area contributed by atoms with Gasteiger partial charge in [-0.1, -0.05) is 6.92 Å². The molecule has 60 valence electrons. The second-order valence-corrected chi connectivity index (χ2v) is 0.921. The van der Waals surface area contributed by atoms with Gasteiger partial charge in [0.15, 0.2) is 0 Å². The molecule has 0 rings (SSSR count). The fraction of sp³-hybridized carbons (Fsp3) is 1.00. The highest BCUT2D eigenvalue weighted by Gasteiger charge is 1.56. The van der Waals surface area contributed by atoms with Crippen LogP contribution in [0.15, 0.2) is 0 Å². The first kappa shape index (κ1) is 15.9. The Kier molecular flexibility index (Phi) is 80.5. The molecule has 0 saturated carbocycles. The van der Waals surface area contributed by atoms with Crippen LogP contribution < -0.4 is 17.2 Å². The maximum Gasteiger partial charge on any atom is 0.0553 e. The summed E-state index contributed by atoms with van der Waals surface area (Å²) >= 11 is 0. The predicted molar refractivity (Wildman–Crippen MR) is 41.0 cm³/mol. The third-order valence-electron chi connectivity index (χ3n) is 0.129. The maximum atomic E-state index is 7.75. The average molecular weight is 137 g/mol. The van der Waals surface area contributed by atoms with Crippen LogP contribution in [0.2, 0.25) is 0 Å². The van der Waals surface area contributed by atoms with Crippen molar-refractivity contribution < 1.29 is 5.11 Å². The molecule has 0 aliphatic rings. The summed E-state index contributed by atoms with van der Waals surface area (Å²) < 4.78 is 0. The number of nitrogens with two attached hydrogens (primary N) is 3. The van der Waals surface area contributed by atoms with E-state index in [1.807, 2.05) is 6.92 Å². The van der Waals surface area contributed by atoms with Gasteiger partial charge < -0.3 is 22.3 Å². The Hall–Kier alpha value is -0.160. The highest BCUT2D eigenvalue weighted by molar-refractivity contribution is 4.17. The molecule has 0 amide bonds. The van der Waals surface area contributed by atoms with Gasteiger partial charge in [0.2, 0.25) is 0 Å². The minimum Gasteiger partial charge on any atom is -0.395 e. The summed E-state index contributed by atoms with van der Waals surface area (Å²) in [5, 5.41) is 7.75. The Morgan fingerprint density at radius 1 is 1.22 bits per heavy atom. The standard InChI is InChI=1S/C2H7NO.C2H7N.CH5N/c3-1-2-4;1-2-3;1-2/h4H,1-3H2;2-3H2,1H3;2H2,1H3. The third-order valence-corrected chi connectivity index (χ3v) is 0.129. The van der Waals surface area contributed by atoms with Gasteiger partial charge >= 0.3 is 0 Å². The van der Waals surface area contributed by atoms with E-state index in [1.165, 1.54) is 7.05 Å². The van der Waals surface area contributed by atoms with E-state index in [-0.39, 0.29) is 6.61 Å².